The van der Waals surface area contributed by atoms with E-state index >= 15 is 0 Å². The lowest BCUT2D eigenvalue weighted by Gasteiger charge is -2.60. The first-order valence-electron chi connectivity index (χ1n) is 9.14. The van der Waals surface area contributed by atoms with Crippen molar-refractivity contribution in [2.45, 2.75) is 44.6 Å². The van der Waals surface area contributed by atoms with E-state index in [1.54, 1.807) is 0 Å². The Morgan fingerprint density at radius 1 is 1.13 bits per heavy atom. The summed E-state index contributed by atoms with van der Waals surface area (Å²) in [5, 5.41) is 0. The van der Waals surface area contributed by atoms with Gasteiger partial charge in [-0.1, -0.05) is 30.3 Å². The minimum absolute atomic E-state index is 0.0557. The summed E-state index contributed by atoms with van der Waals surface area (Å²) in [6, 6.07) is 9.75. The predicted octanol–water partition coefficient (Wildman–Crippen LogP) is 2.53. The van der Waals surface area contributed by atoms with E-state index in [0.29, 0.717) is 18.9 Å². The second-order valence-corrected chi connectivity index (χ2v) is 8.35. The first-order valence-corrected chi connectivity index (χ1v) is 9.14. The topological polar surface area (TPSA) is 69.1 Å². The maximum absolute atomic E-state index is 13.2. The van der Waals surface area contributed by atoms with Crippen LogP contribution >= 0.6 is 0 Å². The first-order chi connectivity index (χ1) is 11.1. The van der Waals surface area contributed by atoms with Crippen molar-refractivity contribution >= 4 is 5.78 Å². The van der Waals surface area contributed by atoms with Crippen molar-refractivity contribution in [1.82, 2.24) is 0 Å². The number of nitrogens with two attached hydrogens (primary N) is 2. The largest absolute Gasteiger partial charge is 0.330 e. The van der Waals surface area contributed by atoms with Gasteiger partial charge in [-0.05, 0) is 73.8 Å². The average molecular weight is 312 g/mol. The molecule has 4 fully saturated rings. The fourth-order valence-corrected chi connectivity index (χ4v) is 6.24. The maximum atomic E-state index is 13.2. The minimum Gasteiger partial charge on any atom is -0.330 e. The number of Topliss-reactive ketones (excluding diaryl/α,β-unsaturated/α-hetero) is 1. The van der Waals surface area contributed by atoms with Crippen molar-refractivity contribution in [1.29, 1.82) is 0 Å². The van der Waals surface area contributed by atoms with E-state index in [4.69, 9.17) is 11.5 Å². The van der Waals surface area contributed by atoms with Gasteiger partial charge in [0.1, 0.15) is 0 Å². The van der Waals surface area contributed by atoms with Crippen molar-refractivity contribution in [2.24, 2.45) is 40.6 Å². The van der Waals surface area contributed by atoms with Gasteiger partial charge in [0.2, 0.25) is 0 Å². The molecule has 4 atom stereocenters. The van der Waals surface area contributed by atoms with Crippen LogP contribution in [0.4, 0.5) is 0 Å². The van der Waals surface area contributed by atoms with Crippen LogP contribution in [0, 0.1) is 29.1 Å². The van der Waals surface area contributed by atoms with E-state index in [1.807, 2.05) is 18.2 Å². The molecule has 0 saturated heterocycles. The third-order valence-electron chi connectivity index (χ3n) is 6.84. The fraction of sp³-hybridized carbons (Fsp3) is 0.650. The van der Waals surface area contributed by atoms with Gasteiger partial charge in [-0.15, -0.1) is 0 Å². The van der Waals surface area contributed by atoms with E-state index in [0.717, 1.165) is 30.2 Å². The summed E-state index contributed by atoms with van der Waals surface area (Å²) in [4.78, 5) is 13.2. The summed E-state index contributed by atoms with van der Waals surface area (Å²) in [5.41, 5.74) is 13.8. The Balaban J connectivity index is 1.55. The predicted molar refractivity (Wildman–Crippen MR) is 91.7 cm³/mol. The Labute approximate surface area is 138 Å². The Bertz CT molecular complexity index is 571. The molecule has 4 aliphatic carbocycles. The van der Waals surface area contributed by atoms with Gasteiger partial charge in [-0.25, -0.2) is 0 Å². The Kier molecular flexibility index (Phi) is 3.81. The van der Waals surface area contributed by atoms with Crippen LogP contribution in [0.15, 0.2) is 30.3 Å². The highest BCUT2D eigenvalue weighted by molar-refractivity contribution is 5.87. The molecule has 23 heavy (non-hydrogen) atoms. The van der Waals surface area contributed by atoms with Crippen molar-refractivity contribution in [3.05, 3.63) is 35.9 Å². The number of ketones is 1. The molecule has 0 aromatic heterocycles. The van der Waals surface area contributed by atoms with E-state index in [2.05, 4.69) is 12.1 Å². The number of carbonyl (C=O) groups is 1. The summed E-state index contributed by atoms with van der Waals surface area (Å²) in [6.07, 6.45) is 6.79. The molecule has 1 aromatic carbocycles. The molecular formula is C20H28N2O. The number of hydrogen-bond donors (Lipinski definition) is 2. The van der Waals surface area contributed by atoms with Gasteiger partial charge >= 0.3 is 0 Å². The van der Waals surface area contributed by atoms with E-state index in [-0.39, 0.29) is 23.2 Å². The third kappa shape index (κ3) is 2.54. The van der Waals surface area contributed by atoms with Crippen LogP contribution in [0.25, 0.3) is 0 Å². The van der Waals surface area contributed by atoms with E-state index in [9.17, 15) is 4.79 Å². The van der Waals surface area contributed by atoms with Gasteiger partial charge in [0, 0.05) is 5.92 Å². The van der Waals surface area contributed by atoms with Crippen LogP contribution in [0.1, 0.15) is 37.7 Å². The van der Waals surface area contributed by atoms with Crippen LogP contribution in [-0.4, -0.2) is 18.4 Å². The van der Waals surface area contributed by atoms with Gasteiger partial charge in [-0.3, -0.25) is 4.79 Å². The average Bonchev–Trinajstić information content (AvgIpc) is 2.54. The lowest BCUT2D eigenvalue weighted by molar-refractivity contribution is -0.151. The van der Waals surface area contributed by atoms with Gasteiger partial charge in [0.15, 0.2) is 5.78 Å². The molecule has 5 rings (SSSR count). The zero-order chi connectivity index (χ0) is 16.0. The summed E-state index contributed by atoms with van der Waals surface area (Å²) in [6.45, 7) is 0.658. The Morgan fingerprint density at radius 2 is 1.78 bits per heavy atom. The van der Waals surface area contributed by atoms with Crippen LogP contribution in [0.3, 0.4) is 0 Å². The fourth-order valence-electron chi connectivity index (χ4n) is 6.24. The number of benzene rings is 1. The van der Waals surface area contributed by atoms with Gasteiger partial charge < -0.3 is 11.5 Å². The highest BCUT2D eigenvalue weighted by Gasteiger charge is 2.58. The maximum Gasteiger partial charge on any atom is 0.153 e. The Hall–Kier alpha value is -1.19. The van der Waals surface area contributed by atoms with Crippen molar-refractivity contribution in [2.75, 3.05) is 6.54 Å². The van der Waals surface area contributed by atoms with Crippen molar-refractivity contribution < 1.29 is 4.79 Å². The molecule has 1 aromatic rings. The van der Waals surface area contributed by atoms with Crippen LogP contribution in [0.2, 0.25) is 0 Å². The Morgan fingerprint density at radius 3 is 2.39 bits per heavy atom. The third-order valence-corrected chi connectivity index (χ3v) is 6.84. The summed E-state index contributed by atoms with van der Waals surface area (Å²) in [7, 11) is 0. The molecule has 124 valence electrons. The molecular weight excluding hydrogens is 284 g/mol. The first kappa shape index (κ1) is 15.3. The molecule has 4 N–H and O–H groups in total. The molecule has 0 amide bonds. The molecule has 0 radical (unpaired) electrons. The molecule has 0 spiro atoms. The second-order valence-electron chi connectivity index (χ2n) is 8.35. The van der Waals surface area contributed by atoms with Crippen LogP contribution < -0.4 is 11.5 Å². The molecule has 4 bridgehead atoms. The van der Waals surface area contributed by atoms with Crippen molar-refractivity contribution in [3.8, 4) is 0 Å². The number of carbonyl (C=O) groups excluding carboxylic acids is 1. The molecule has 3 heteroatoms. The summed E-state index contributed by atoms with van der Waals surface area (Å²) < 4.78 is 0. The zero-order valence-electron chi connectivity index (χ0n) is 13.8. The number of hydrogen-bond acceptors (Lipinski definition) is 3. The lowest BCUT2D eigenvalue weighted by Crippen LogP contribution is -2.60. The summed E-state index contributed by atoms with van der Waals surface area (Å²) in [5.74, 6) is 2.55. The minimum atomic E-state index is -0.386. The van der Waals surface area contributed by atoms with Crippen LogP contribution in [-0.2, 0) is 11.2 Å². The highest BCUT2D eigenvalue weighted by Crippen LogP contribution is 2.62. The molecule has 0 heterocycles. The molecule has 0 aliphatic heterocycles. The van der Waals surface area contributed by atoms with Crippen molar-refractivity contribution in [3.63, 3.8) is 0 Å². The lowest BCUT2D eigenvalue weighted by atomic mass is 9.44. The second kappa shape index (κ2) is 5.71. The quantitative estimate of drug-likeness (QED) is 0.878. The zero-order valence-corrected chi connectivity index (χ0v) is 13.8. The van der Waals surface area contributed by atoms with E-state index < -0.39 is 0 Å². The van der Waals surface area contributed by atoms with Gasteiger partial charge in [0.25, 0.3) is 0 Å². The molecule has 4 saturated carbocycles. The normalized spacial score (nSPS) is 39.4. The number of rotatable bonds is 5. The standard InChI is InChI=1S/C20H28N2O/c21-12-20-10-14-6-15(11-20)8-16(7-14)18(20)19(23)17(22)9-13-4-2-1-3-5-13/h1-5,14-18H,6-12,21-22H2/t14?,15?,16?,17-,18?,20?/m0/s1. The van der Waals surface area contributed by atoms with Gasteiger partial charge in [0.05, 0.1) is 6.04 Å². The van der Waals surface area contributed by atoms with Crippen LogP contribution in [0.5, 0.6) is 0 Å². The molecule has 3 unspecified atom stereocenters. The molecule has 3 nitrogen and oxygen atoms in total. The van der Waals surface area contributed by atoms with Gasteiger partial charge in [-0.2, -0.15) is 0 Å². The molecule has 4 aliphatic rings. The monoisotopic (exact) mass is 312 g/mol. The van der Waals surface area contributed by atoms with E-state index in [1.165, 1.54) is 19.3 Å². The SMILES string of the molecule is NCC12CC3CC(CC(C3)C1C(=O)[C@@H](N)Cc1ccccc1)C2. The highest BCUT2D eigenvalue weighted by atomic mass is 16.1. The smallest absolute Gasteiger partial charge is 0.153 e. The summed E-state index contributed by atoms with van der Waals surface area (Å²) >= 11 is 0.